The molecule has 1 aliphatic rings. The summed E-state index contributed by atoms with van der Waals surface area (Å²) >= 11 is 0. The number of carbonyl (C=O) groups is 2. The fourth-order valence-electron chi connectivity index (χ4n) is 2.44. The maximum Gasteiger partial charge on any atom is 0.317 e. The summed E-state index contributed by atoms with van der Waals surface area (Å²) in [6, 6.07) is 1.59. The Kier molecular flexibility index (Phi) is 4.60. The van der Waals surface area contributed by atoms with Gasteiger partial charge in [-0.15, -0.1) is 0 Å². The number of piperidine rings is 1. The predicted molar refractivity (Wildman–Crippen MR) is 70.0 cm³/mol. The topological polar surface area (TPSA) is 95.7 Å². The quantitative estimate of drug-likeness (QED) is 0.869. The normalized spacial score (nSPS) is 18.9. The molecule has 0 saturated carbocycles. The van der Waals surface area contributed by atoms with Crippen LogP contribution < -0.4 is 5.32 Å². The van der Waals surface area contributed by atoms with Gasteiger partial charge in [-0.2, -0.15) is 0 Å². The standard InChI is InChI=1S/C13H19N3O4/c1-9-5-11(15-20-9)7-14-13(19)16-4-2-3-10(8-16)6-12(17)18/h5,10H,2-4,6-8H2,1H3,(H,14,19)(H,17,18). The van der Waals surface area contributed by atoms with Crippen molar-refractivity contribution in [3.63, 3.8) is 0 Å². The van der Waals surface area contributed by atoms with E-state index in [1.807, 2.05) is 0 Å². The molecule has 0 spiro atoms. The molecule has 7 nitrogen and oxygen atoms in total. The number of carboxylic acids is 1. The summed E-state index contributed by atoms with van der Waals surface area (Å²) in [5.74, 6) is -0.0645. The second kappa shape index (κ2) is 6.40. The molecule has 0 aromatic carbocycles. The molecule has 2 heterocycles. The largest absolute Gasteiger partial charge is 0.481 e. The summed E-state index contributed by atoms with van der Waals surface area (Å²) in [6.07, 6.45) is 1.82. The number of nitrogens with one attached hydrogen (secondary N) is 1. The van der Waals surface area contributed by atoms with Crippen LogP contribution in [0.3, 0.4) is 0 Å². The highest BCUT2D eigenvalue weighted by Crippen LogP contribution is 2.19. The molecule has 0 aliphatic carbocycles. The van der Waals surface area contributed by atoms with Gasteiger partial charge in [0, 0.05) is 25.6 Å². The summed E-state index contributed by atoms with van der Waals surface area (Å²) < 4.78 is 4.92. The van der Waals surface area contributed by atoms with Crippen LogP contribution in [0.15, 0.2) is 10.6 Å². The Morgan fingerprint density at radius 3 is 3.05 bits per heavy atom. The second-order valence-corrected chi connectivity index (χ2v) is 5.14. The van der Waals surface area contributed by atoms with Crippen molar-refractivity contribution in [2.45, 2.75) is 32.7 Å². The van der Waals surface area contributed by atoms with Gasteiger partial charge in [-0.05, 0) is 25.7 Å². The van der Waals surface area contributed by atoms with Gasteiger partial charge in [0.05, 0.1) is 6.54 Å². The van der Waals surface area contributed by atoms with E-state index in [-0.39, 0.29) is 18.4 Å². The summed E-state index contributed by atoms with van der Waals surface area (Å²) in [5, 5.41) is 15.4. The monoisotopic (exact) mass is 281 g/mol. The lowest BCUT2D eigenvalue weighted by atomic mass is 9.95. The molecule has 110 valence electrons. The van der Waals surface area contributed by atoms with Crippen LogP contribution in [0, 0.1) is 12.8 Å². The number of aliphatic carboxylic acids is 1. The lowest BCUT2D eigenvalue weighted by Gasteiger charge is -2.32. The SMILES string of the molecule is Cc1cc(CNC(=O)N2CCCC(CC(=O)O)C2)no1. The van der Waals surface area contributed by atoms with Gasteiger partial charge in [-0.25, -0.2) is 4.79 Å². The number of hydrogen-bond acceptors (Lipinski definition) is 4. The molecule has 1 saturated heterocycles. The second-order valence-electron chi connectivity index (χ2n) is 5.14. The van der Waals surface area contributed by atoms with Crippen LogP contribution in [-0.4, -0.2) is 40.3 Å². The van der Waals surface area contributed by atoms with Crippen molar-refractivity contribution in [3.8, 4) is 0 Å². The number of aryl methyl sites for hydroxylation is 1. The minimum absolute atomic E-state index is 0.0429. The molecule has 2 amide bonds. The Balaban J connectivity index is 1.81. The minimum atomic E-state index is -0.810. The predicted octanol–water partition coefficient (Wildman–Crippen LogP) is 1.38. The van der Waals surface area contributed by atoms with E-state index in [4.69, 9.17) is 9.63 Å². The van der Waals surface area contributed by atoms with Gasteiger partial charge in [0.1, 0.15) is 11.5 Å². The average Bonchev–Trinajstić information content (AvgIpc) is 2.81. The van der Waals surface area contributed by atoms with E-state index in [2.05, 4.69) is 10.5 Å². The number of rotatable bonds is 4. The zero-order valence-corrected chi connectivity index (χ0v) is 11.5. The van der Waals surface area contributed by atoms with Crippen molar-refractivity contribution in [1.82, 2.24) is 15.4 Å². The third-order valence-electron chi connectivity index (χ3n) is 3.37. The number of urea groups is 1. The summed E-state index contributed by atoms with van der Waals surface area (Å²) in [5.41, 5.74) is 0.676. The van der Waals surface area contributed by atoms with Crippen molar-refractivity contribution in [3.05, 3.63) is 17.5 Å². The maximum atomic E-state index is 12.0. The maximum absolute atomic E-state index is 12.0. The zero-order chi connectivity index (χ0) is 14.5. The first-order chi connectivity index (χ1) is 9.54. The Hall–Kier alpha value is -2.05. The highest BCUT2D eigenvalue weighted by atomic mass is 16.5. The Labute approximate surface area is 116 Å². The van der Waals surface area contributed by atoms with Crippen molar-refractivity contribution >= 4 is 12.0 Å². The van der Waals surface area contributed by atoms with Gasteiger partial charge in [-0.3, -0.25) is 4.79 Å². The Bertz CT molecular complexity index is 486. The van der Waals surface area contributed by atoms with Gasteiger partial charge >= 0.3 is 12.0 Å². The van der Waals surface area contributed by atoms with E-state index < -0.39 is 5.97 Å². The molecule has 0 radical (unpaired) electrons. The molecule has 1 atom stereocenters. The number of carboxylic acid groups (broad SMARTS) is 1. The van der Waals surface area contributed by atoms with Gasteiger partial charge in [0.25, 0.3) is 0 Å². The van der Waals surface area contributed by atoms with Crippen molar-refractivity contribution < 1.29 is 19.2 Å². The van der Waals surface area contributed by atoms with Gasteiger partial charge in [-0.1, -0.05) is 5.16 Å². The molecule has 20 heavy (non-hydrogen) atoms. The van der Waals surface area contributed by atoms with Gasteiger partial charge in [0.15, 0.2) is 0 Å². The van der Waals surface area contributed by atoms with E-state index in [1.54, 1.807) is 17.9 Å². The van der Waals surface area contributed by atoms with E-state index in [9.17, 15) is 9.59 Å². The lowest BCUT2D eigenvalue weighted by Crippen LogP contribution is -2.45. The number of carbonyl (C=O) groups excluding carboxylic acids is 1. The summed E-state index contributed by atoms with van der Waals surface area (Å²) in [6.45, 7) is 3.27. The van der Waals surface area contributed by atoms with E-state index in [0.29, 0.717) is 31.1 Å². The molecule has 1 aromatic heterocycles. The van der Waals surface area contributed by atoms with Crippen LogP contribution in [0.1, 0.15) is 30.7 Å². The molecule has 1 aromatic rings. The average molecular weight is 281 g/mol. The van der Waals surface area contributed by atoms with E-state index >= 15 is 0 Å². The van der Waals surface area contributed by atoms with Crippen LogP contribution in [0.2, 0.25) is 0 Å². The lowest BCUT2D eigenvalue weighted by molar-refractivity contribution is -0.138. The first-order valence-corrected chi connectivity index (χ1v) is 6.71. The molecule has 1 fully saturated rings. The molecule has 0 bridgehead atoms. The van der Waals surface area contributed by atoms with E-state index in [1.165, 1.54) is 0 Å². The van der Waals surface area contributed by atoms with Crippen LogP contribution in [0.25, 0.3) is 0 Å². The Morgan fingerprint density at radius 2 is 2.40 bits per heavy atom. The van der Waals surface area contributed by atoms with Crippen LogP contribution in [-0.2, 0) is 11.3 Å². The first-order valence-electron chi connectivity index (χ1n) is 6.71. The molecule has 1 unspecified atom stereocenters. The van der Waals surface area contributed by atoms with Crippen LogP contribution in [0.4, 0.5) is 4.79 Å². The number of aromatic nitrogens is 1. The van der Waals surface area contributed by atoms with E-state index in [0.717, 1.165) is 12.8 Å². The molecule has 7 heteroatoms. The summed E-state index contributed by atoms with van der Waals surface area (Å²) in [4.78, 5) is 24.4. The number of amides is 2. The van der Waals surface area contributed by atoms with Crippen molar-refractivity contribution in [2.24, 2.45) is 5.92 Å². The molecule has 2 N–H and O–H groups in total. The van der Waals surface area contributed by atoms with Crippen molar-refractivity contribution in [2.75, 3.05) is 13.1 Å². The summed E-state index contributed by atoms with van der Waals surface area (Å²) in [7, 11) is 0. The highest BCUT2D eigenvalue weighted by molar-refractivity contribution is 5.74. The molecular weight excluding hydrogens is 262 g/mol. The smallest absolute Gasteiger partial charge is 0.317 e. The third-order valence-corrected chi connectivity index (χ3v) is 3.37. The fourth-order valence-corrected chi connectivity index (χ4v) is 2.44. The van der Waals surface area contributed by atoms with Crippen LogP contribution >= 0.6 is 0 Å². The van der Waals surface area contributed by atoms with Crippen molar-refractivity contribution in [1.29, 1.82) is 0 Å². The minimum Gasteiger partial charge on any atom is -0.481 e. The number of hydrogen-bond donors (Lipinski definition) is 2. The molecule has 2 rings (SSSR count). The first kappa shape index (κ1) is 14.4. The highest BCUT2D eigenvalue weighted by Gasteiger charge is 2.25. The van der Waals surface area contributed by atoms with Gasteiger partial charge in [0.2, 0.25) is 0 Å². The van der Waals surface area contributed by atoms with Crippen LogP contribution in [0.5, 0.6) is 0 Å². The molecular formula is C13H19N3O4. The fraction of sp³-hybridized carbons (Fsp3) is 0.615. The van der Waals surface area contributed by atoms with Gasteiger partial charge < -0.3 is 19.8 Å². The number of nitrogens with zero attached hydrogens (tertiary/aromatic N) is 2. The third kappa shape index (κ3) is 3.97. The molecule has 1 aliphatic heterocycles. The Morgan fingerprint density at radius 1 is 1.60 bits per heavy atom. The number of likely N-dealkylation sites (tertiary alicyclic amines) is 1. The zero-order valence-electron chi connectivity index (χ0n) is 11.5.